The van der Waals surface area contributed by atoms with Crippen molar-refractivity contribution in [2.24, 2.45) is 10.8 Å². The van der Waals surface area contributed by atoms with Gasteiger partial charge in [0.25, 0.3) is 0 Å². The van der Waals surface area contributed by atoms with Crippen molar-refractivity contribution in [1.82, 2.24) is 0 Å². The van der Waals surface area contributed by atoms with Gasteiger partial charge in [0.2, 0.25) is 0 Å². The summed E-state index contributed by atoms with van der Waals surface area (Å²) in [7, 11) is 0. The molecule has 0 aromatic rings. The fourth-order valence-corrected chi connectivity index (χ4v) is 2.07. The Kier molecular flexibility index (Phi) is 6.80. The molecule has 0 saturated carbocycles. The van der Waals surface area contributed by atoms with Crippen molar-refractivity contribution < 1.29 is 29.5 Å². The minimum Gasteiger partial charge on any atom is -0.394 e. The lowest BCUT2D eigenvalue weighted by Crippen LogP contribution is -2.60. The van der Waals surface area contributed by atoms with Gasteiger partial charge >= 0.3 is 0 Å². The van der Waals surface area contributed by atoms with Gasteiger partial charge in [-0.1, -0.05) is 41.5 Å². The van der Waals surface area contributed by atoms with Crippen LogP contribution in [0, 0.1) is 10.8 Å². The van der Waals surface area contributed by atoms with Crippen LogP contribution in [0.5, 0.6) is 0 Å². The van der Waals surface area contributed by atoms with Crippen LogP contribution in [0.4, 0.5) is 0 Å². The van der Waals surface area contributed by atoms with E-state index in [1.165, 1.54) is 0 Å². The Morgan fingerprint density at radius 1 is 0.864 bits per heavy atom. The average molecular weight is 320 g/mol. The van der Waals surface area contributed by atoms with Gasteiger partial charge in [-0.05, 0) is 10.8 Å². The standard InChI is InChI=1S/C16H32O6/c1-15(2,3)8-20-13-10(7-17)22-14(12(19)11(13)18)21-9-16(4,5)6/h10-14,17-19H,7-9H2,1-6H3/t10?,11?,12-,13+,14-/m0/s1. The summed E-state index contributed by atoms with van der Waals surface area (Å²) in [5.41, 5.74) is -0.188. The SMILES string of the molecule is CC(C)(C)CO[C@@H]1C(CO)O[C@H](OCC(C)(C)C)[C@@H](O)C1O. The minimum absolute atomic E-state index is 0.0930. The monoisotopic (exact) mass is 320 g/mol. The van der Waals surface area contributed by atoms with E-state index < -0.39 is 30.7 Å². The first-order valence-corrected chi connectivity index (χ1v) is 7.80. The summed E-state index contributed by atoms with van der Waals surface area (Å²) in [5.74, 6) is 0. The summed E-state index contributed by atoms with van der Waals surface area (Å²) >= 11 is 0. The fourth-order valence-electron chi connectivity index (χ4n) is 2.07. The summed E-state index contributed by atoms with van der Waals surface area (Å²) in [6.07, 6.45) is -4.87. The van der Waals surface area contributed by atoms with Crippen molar-refractivity contribution in [2.45, 2.75) is 72.2 Å². The van der Waals surface area contributed by atoms with Crippen molar-refractivity contribution in [3.8, 4) is 0 Å². The molecule has 0 spiro atoms. The Morgan fingerprint density at radius 3 is 1.82 bits per heavy atom. The normalized spacial score (nSPS) is 34.0. The first-order chi connectivity index (χ1) is 9.94. The van der Waals surface area contributed by atoms with Crippen LogP contribution in [0.3, 0.4) is 0 Å². The summed E-state index contributed by atoms with van der Waals surface area (Å²) in [6, 6.07) is 0. The van der Waals surface area contributed by atoms with Crippen LogP contribution in [0.1, 0.15) is 41.5 Å². The molecule has 1 saturated heterocycles. The van der Waals surface area contributed by atoms with E-state index in [2.05, 4.69) is 0 Å². The second kappa shape index (κ2) is 7.55. The molecule has 0 aromatic carbocycles. The molecule has 6 heteroatoms. The third-order valence-electron chi connectivity index (χ3n) is 3.21. The lowest BCUT2D eigenvalue weighted by atomic mass is 9.95. The van der Waals surface area contributed by atoms with Crippen molar-refractivity contribution in [3.63, 3.8) is 0 Å². The summed E-state index contributed by atoms with van der Waals surface area (Å²) in [4.78, 5) is 0. The smallest absolute Gasteiger partial charge is 0.186 e. The summed E-state index contributed by atoms with van der Waals surface area (Å²) in [6.45, 7) is 12.4. The predicted molar refractivity (Wildman–Crippen MR) is 82.4 cm³/mol. The zero-order valence-electron chi connectivity index (χ0n) is 14.6. The molecule has 22 heavy (non-hydrogen) atoms. The number of aliphatic hydroxyl groups is 3. The van der Waals surface area contributed by atoms with E-state index in [9.17, 15) is 15.3 Å². The number of rotatable bonds is 5. The van der Waals surface area contributed by atoms with Gasteiger partial charge in [-0.3, -0.25) is 0 Å². The molecule has 0 bridgehead atoms. The molecule has 0 aliphatic carbocycles. The van der Waals surface area contributed by atoms with Crippen LogP contribution in [0.15, 0.2) is 0 Å². The van der Waals surface area contributed by atoms with Gasteiger partial charge < -0.3 is 29.5 Å². The van der Waals surface area contributed by atoms with Crippen molar-refractivity contribution in [3.05, 3.63) is 0 Å². The third-order valence-corrected chi connectivity index (χ3v) is 3.21. The Morgan fingerprint density at radius 2 is 1.36 bits per heavy atom. The second-order valence-electron chi connectivity index (χ2n) is 8.41. The van der Waals surface area contributed by atoms with E-state index in [-0.39, 0.29) is 17.4 Å². The van der Waals surface area contributed by atoms with Crippen LogP contribution in [0.2, 0.25) is 0 Å². The van der Waals surface area contributed by atoms with Crippen LogP contribution in [0.25, 0.3) is 0 Å². The van der Waals surface area contributed by atoms with Crippen LogP contribution in [-0.2, 0) is 14.2 Å². The minimum atomic E-state index is -1.21. The maximum Gasteiger partial charge on any atom is 0.186 e. The number of aliphatic hydroxyl groups excluding tert-OH is 3. The largest absolute Gasteiger partial charge is 0.394 e. The molecule has 0 amide bonds. The molecule has 1 fully saturated rings. The quantitative estimate of drug-likeness (QED) is 0.698. The van der Waals surface area contributed by atoms with Gasteiger partial charge in [-0.15, -0.1) is 0 Å². The van der Waals surface area contributed by atoms with E-state index in [1.807, 2.05) is 41.5 Å². The molecule has 132 valence electrons. The highest BCUT2D eigenvalue weighted by Gasteiger charge is 2.46. The van der Waals surface area contributed by atoms with Gasteiger partial charge in [0.15, 0.2) is 6.29 Å². The van der Waals surface area contributed by atoms with Crippen LogP contribution >= 0.6 is 0 Å². The third kappa shape index (κ3) is 6.10. The molecule has 5 atom stereocenters. The lowest BCUT2D eigenvalue weighted by molar-refractivity contribution is -0.313. The Labute approximate surface area is 133 Å². The van der Waals surface area contributed by atoms with Crippen LogP contribution < -0.4 is 0 Å². The van der Waals surface area contributed by atoms with Gasteiger partial charge in [0.1, 0.15) is 24.4 Å². The molecule has 3 N–H and O–H groups in total. The first-order valence-electron chi connectivity index (χ1n) is 7.80. The highest BCUT2D eigenvalue weighted by atomic mass is 16.7. The first kappa shape index (κ1) is 19.8. The second-order valence-corrected chi connectivity index (χ2v) is 8.41. The molecular formula is C16H32O6. The summed E-state index contributed by atoms with van der Waals surface area (Å²) in [5, 5.41) is 30.0. The number of hydrogen-bond donors (Lipinski definition) is 3. The molecule has 2 unspecified atom stereocenters. The van der Waals surface area contributed by atoms with E-state index in [0.29, 0.717) is 13.2 Å². The Bertz CT molecular complexity index is 331. The average Bonchev–Trinajstić information content (AvgIpc) is 2.36. The van der Waals surface area contributed by atoms with Crippen molar-refractivity contribution in [2.75, 3.05) is 19.8 Å². The van der Waals surface area contributed by atoms with Gasteiger partial charge in [0, 0.05) is 0 Å². The molecule has 0 aromatic heterocycles. The maximum atomic E-state index is 10.3. The van der Waals surface area contributed by atoms with Gasteiger partial charge in [-0.2, -0.15) is 0 Å². The molecule has 0 radical (unpaired) electrons. The Hall–Kier alpha value is -0.240. The molecule has 1 rings (SSSR count). The van der Waals surface area contributed by atoms with E-state index in [0.717, 1.165) is 0 Å². The predicted octanol–water partition coefficient (Wildman–Crippen LogP) is 0.919. The zero-order valence-corrected chi connectivity index (χ0v) is 14.6. The van der Waals surface area contributed by atoms with Gasteiger partial charge in [0.05, 0.1) is 19.8 Å². The maximum absolute atomic E-state index is 10.3. The fraction of sp³-hybridized carbons (Fsp3) is 1.00. The van der Waals surface area contributed by atoms with Gasteiger partial charge in [-0.25, -0.2) is 0 Å². The van der Waals surface area contributed by atoms with E-state index in [4.69, 9.17) is 14.2 Å². The molecule has 1 aliphatic rings. The molecule has 6 nitrogen and oxygen atoms in total. The zero-order chi connectivity index (χ0) is 17.1. The van der Waals surface area contributed by atoms with E-state index in [1.54, 1.807) is 0 Å². The highest BCUT2D eigenvalue weighted by molar-refractivity contribution is 4.90. The molecular weight excluding hydrogens is 288 g/mol. The highest BCUT2D eigenvalue weighted by Crippen LogP contribution is 2.27. The van der Waals surface area contributed by atoms with Crippen molar-refractivity contribution >= 4 is 0 Å². The lowest BCUT2D eigenvalue weighted by Gasteiger charge is -2.43. The van der Waals surface area contributed by atoms with E-state index >= 15 is 0 Å². The number of hydrogen-bond acceptors (Lipinski definition) is 6. The van der Waals surface area contributed by atoms with Crippen molar-refractivity contribution in [1.29, 1.82) is 0 Å². The molecule has 1 heterocycles. The topological polar surface area (TPSA) is 88.4 Å². The number of ether oxygens (including phenoxy) is 3. The molecule has 1 aliphatic heterocycles. The van der Waals surface area contributed by atoms with Crippen LogP contribution in [-0.4, -0.2) is 65.8 Å². The Balaban J connectivity index is 2.69. The summed E-state index contributed by atoms with van der Waals surface area (Å²) < 4.78 is 16.8.